The molecule has 1 fully saturated rings. The van der Waals surface area contributed by atoms with Gasteiger partial charge >= 0.3 is 12.4 Å². The van der Waals surface area contributed by atoms with Crippen molar-refractivity contribution in [3.05, 3.63) is 178 Å². The number of benzene rings is 5. The van der Waals surface area contributed by atoms with Crippen LogP contribution in [0.4, 0.5) is 26.3 Å². The van der Waals surface area contributed by atoms with Crippen molar-refractivity contribution in [1.29, 1.82) is 0 Å². The summed E-state index contributed by atoms with van der Waals surface area (Å²) in [6.45, 7) is -0.0932. The largest absolute Gasteiger partial charge is 0.416 e. The number of carbonyl (C=O) groups excluding carboxylic acids is 2. The van der Waals surface area contributed by atoms with Crippen molar-refractivity contribution in [3.63, 3.8) is 0 Å². The van der Waals surface area contributed by atoms with E-state index < -0.39 is 46.9 Å². The number of alkyl halides is 6. The molecule has 0 aliphatic carbocycles. The number of hydrogen-bond acceptors (Lipinski definition) is 2. The highest BCUT2D eigenvalue weighted by Gasteiger charge is 2.66. The van der Waals surface area contributed by atoms with Crippen LogP contribution >= 0.6 is 0 Å². The lowest BCUT2D eigenvalue weighted by molar-refractivity contribution is -0.180. The van der Waals surface area contributed by atoms with E-state index in [4.69, 9.17) is 0 Å². The summed E-state index contributed by atoms with van der Waals surface area (Å²) in [6.07, 6.45) is -9.31. The number of nitrogens with zero attached hydrogens (tertiary/aromatic N) is 2. The number of amides is 2. The van der Waals surface area contributed by atoms with E-state index in [9.17, 15) is 35.9 Å². The Kier molecular flexibility index (Phi) is 8.59. The summed E-state index contributed by atoms with van der Waals surface area (Å²) in [5.41, 5.74) is -1.87. The van der Waals surface area contributed by atoms with Crippen molar-refractivity contribution in [1.82, 2.24) is 9.80 Å². The molecule has 48 heavy (non-hydrogen) atoms. The Morgan fingerprint density at radius 1 is 0.625 bits per heavy atom. The van der Waals surface area contributed by atoms with Gasteiger partial charge in [0.05, 0.1) is 17.2 Å². The van der Waals surface area contributed by atoms with Gasteiger partial charge in [0.1, 0.15) is 0 Å². The third-order valence-corrected chi connectivity index (χ3v) is 8.57. The smallest absolute Gasteiger partial charge is 0.326 e. The summed E-state index contributed by atoms with van der Waals surface area (Å²) in [7, 11) is 0. The fourth-order valence-electron chi connectivity index (χ4n) is 6.30. The molecule has 0 saturated carbocycles. The molecule has 1 aliphatic heterocycles. The van der Waals surface area contributed by atoms with Gasteiger partial charge < -0.3 is 9.80 Å². The first kappa shape index (κ1) is 32.6. The van der Waals surface area contributed by atoms with E-state index in [0.717, 1.165) is 24.3 Å². The number of likely N-dealkylation sites (tertiary alicyclic amines) is 1. The molecule has 244 valence electrons. The third kappa shape index (κ3) is 6.05. The van der Waals surface area contributed by atoms with Crippen LogP contribution < -0.4 is 0 Å². The highest BCUT2D eigenvalue weighted by atomic mass is 19.4. The van der Waals surface area contributed by atoms with Gasteiger partial charge in [0, 0.05) is 18.7 Å². The fourth-order valence-corrected chi connectivity index (χ4v) is 6.30. The predicted octanol–water partition coefficient (Wildman–Crippen LogP) is 9.05. The minimum absolute atomic E-state index is 0.0342. The van der Waals surface area contributed by atoms with Gasteiger partial charge in [-0.15, -0.1) is 0 Å². The van der Waals surface area contributed by atoms with E-state index >= 15 is 0 Å². The molecule has 1 heterocycles. The van der Waals surface area contributed by atoms with Crippen LogP contribution in [0.5, 0.6) is 0 Å². The second kappa shape index (κ2) is 12.7. The van der Waals surface area contributed by atoms with E-state index in [1.165, 1.54) is 34.1 Å². The topological polar surface area (TPSA) is 40.6 Å². The van der Waals surface area contributed by atoms with Gasteiger partial charge in [-0.25, -0.2) is 0 Å². The molecular formula is C38H28F6N2O2. The molecule has 0 spiro atoms. The van der Waals surface area contributed by atoms with Gasteiger partial charge in [-0.1, -0.05) is 103 Å². The first-order chi connectivity index (χ1) is 22.9. The summed E-state index contributed by atoms with van der Waals surface area (Å²) < 4.78 is 82.1. The molecule has 6 rings (SSSR count). The zero-order chi connectivity index (χ0) is 34.1. The normalized spacial score (nSPS) is 17.9. The fraction of sp³-hybridized carbons (Fsp3) is 0.158. The molecule has 5 aromatic rings. The van der Waals surface area contributed by atoms with Crippen molar-refractivity contribution >= 4 is 11.8 Å². The lowest BCUT2D eigenvalue weighted by Gasteiger charge is -2.60. The molecule has 0 aromatic heterocycles. The summed E-state index contributed by atoms with van der Waals surface area (Å²) in [6, 6.07) is 33.1. The molecule has 1 saturated heterocycles. The van der Waals surface area contributed by atoms with Gasteiger partial charge in [0.2, 0.25) is 0 Å². The Bertz CT molecular complexity index is 1880. The summed E-state index contributed by atoms with van der Waals surface area (Å²) in [5.74, 6) is -1.17. The highest BCUT2D eigenvalue weighted by molar-refractivity contribution is 6.03. The number of halogens is 6. The van der Waals surface area contributed by atoms with Crippen LogP contribution in [-0.4, -0.2) is 21.6 Å². The number of rotatable bonds is 8. The minimum Gasteiger partial charge on any atom is -0.326 e. The molecule has 2 amide bonds. The summed E-state index contributed by atoms with van der Waals surface area (Å²) >= 11 is 0. The lowest BCUT2D eigenvalue weighted by atomic mass is 9.68. The van der Waals surface area contributed by atoms with E-state index in [-0.39, 0.29) is 29.8 Å². The van der Waals surface area contributed by atoms with Gasteiger partial charge in [-0.2, -0.15) is 26.3 Å². The van der Waals surface area contributed by atoms with E-state index in [0.29, 0.717) is 11.1 Å². The van der Waals surface area contributed by atoms with Crippen molar-refractivity contribution in [3.8, 4) is 0 Å². The predicted molar refractivity (Wildman–Crippen MR) is 167 cm³/mol. The second-order valence-corrected chi connectivity index (χ2v) is 11.5. The maximum atomic E-state index is 14.9. The van der Waals surface area contributed by atoms with Crippen molar-refractivity contribution < 1.29 is 35.9 Å². The van der Waals surface area contributed by atoms with Crippen molar-refractivity contribution in [2.45, 2.75) is 37.0 Å². The van der Waals surface area contributed by atoms with Gasteiger partial charge in [0.25, 0.3) is 11.8 Å². The Morgan fingerprint density at radius 2 is 1.08 bits per heavy atom. The molecule has 2 atom stereocenters. The Hall–Kier alpha value is -5.38. The molecule has 2 unspecified atom stereocenters. The van der Waals surface area contributed by atoms with Crippen LogP contribution in [-0.2, 0) is 35.8 Å². The molecule has 0 N–H and O–H groups in total. The monoisotopic (exact) mass is 658 g/mol. The zero-order valence-electron chi connectivity index (χ0n) is 25.2. The van der Waals surface area contributed by atoms with Crippen LogP contribution in [0, 0.1) is 0 Å². The first-order valence-corrected chi connectivity index (χ1v) is 15.0. The zero-order valence-corrected chi connectivity index (χ0v) is 25.2. The van der Waals surface area contributed by atoms with Crippen LogP contribution in [0.25, 0.3) is 0 Å². The minimum atomic E-state index is -4.68. The molecule has 0 bridgehead atoms. The first-order valence-electron chi connectivity index (χ1n) is 15.0. The molecule has 5 aromatic carbocycles. The van der Waals surface area contributed by atoms with Crippen molar-refractivity contribution in [2.24, 2.45) is 0 Å². The average Bonchev–Trinajstić information content (AvgIpc) is 3.09. The standard InChI is InChI=1S/C38H28F6N2O2/c39-37(40,41)31-18-16-28(17-19-31)33-36(30-20-22-32(23-21-30)38(42,43)44,35(48)45(33)24-26-10-4-1-5-11-26)46(25-27-12-6-2-7-13-27)34(47)29-14-8-3-9-15-29/h1-23,33H,24-25H2. The molecule has 0 radical (unpaired) electrons. The highest BCUT2D eigenvalue weighted by Crippen LogP contribution is 2.56. The third-order valence-electron chi connectivity index (χ3n) is 8.57. The van der Waals surface area contributed by atoms with Crippen LogP contribution in [0.2, 0.25) is 0 Å². The number of β-lactam (4-membered cyclic amide) rings is 1. The average molecular weight is 659 g/mol. The van der Waals surface area contributed by atoms with Gasteiger partial charge in [0.15, 0.2) is 5.54 Å². The summed E-state index contributed by atoms with van der Waals surface area (Å²) in [5, 5.41) is 0. The Morgan fingerprint density at radius 3 is 1.58 bits per heavy atom. The second-order valence-electron chi connectivity index (χ2n) is 11.5. The Balaban J connectivity index is 1.61. The van der Waals surface area contributed by atoms with E-state index in [2.05, 4.69) is 0 Å². The van der Waals surface area contributed by atoms with E-state index in [1.807, 2.05) is 0 Å². The van der Waals surface area contributed by atoms with Crippen LogP contribution in [0.15, 0.2) is 140 Å². The lowest BCUT2D eigenvalue weighted by Crippen LogP contribution is -2.73. The number of carbonyl (C=O) groups is 2. The maximum absolute atomic E-state index is 14.9. The summed E-state index contributed by atoms with van der Waals surface area (Å²) in [4.78, 5) is 32.3. The van der Waals surface area contributed by atoms with E-state index in [1.54, 1.807) is 91.0 Å². The maximum Gasteiger partial charge on any atom is 0.416 e. The SMILES string of the molecule is O=C(c1ccccc1)N(Cc1ccccc1)C1(c2ccc(C(F)(F)F)cc2)C(=O)N(Cc2ccccc2)C1c1ccc(C(F)(F)F)cc1. The van der Waals surface area contributed by atoms with Crippen LogP contribution in [0.1, 0.15) is 49.8 Å². The van der Waals surface area contributed by atoms with Gasteiger partial charge in [-0.3, -0.25) is 9.59 Å². The Labute approximate surface area is 272 Å². The van der Waals surface area contributed by atoms with Crippen LogP contribution in [0.3, 0.4) is 0 Å². The number of hydrogen-bond donors (Lipinski definition) is 0. The van der Waals surface area contributed by atoms with Gasteiger partial charge in [-0.05, 0) is 58.7 Å². The molecule has 1 aliphatic rings. The van der Waals surface area contributed by atoms with Crippen molar-refractivity contribution in [2.75, 3.05) is 0 Å². The quantitative estimate of drug-likeness (QED) is 0.123. The molecule has 4 nitrogen and oxygen atoms in total. The molecule has 10 heteroatoms. The molecular weight excluding hydrogens is 630 g/mol.